The third-order valence-corrected chi connectivity index (χ3v) is 7.15. The second-order valence-corrected chi connectivity index (χ2v) is 10.0. The number of ether oxygens (including phenoxy) is 1. The fraction of sp³-hybridized carbons (Fsp3) is 0.200. The molecule has 196 valence electrons. The molecule has 0 N–H and O–H groups in total. The lowest BCUT2D eigenvalue weighted by atomic mass is 10.2. The van der Waals surface area contributed by atoms with Gasteiger partial charge in [0.05, 0.1) is 28.8 Å². The van der Waals surface area contributed by atoms with Crippen LogP contribution in [0.4, 0.5) is 19.1 Å². The number of thiophene rings is 1. The van der Waals surface area contributed by atoms with Crippen molar-refractivity contribution in [2.45, 2.75) is 12.7 Å². The van der Waals surface area contributed by atoms with Gasteiger partial charge in [0.2, 0.25) is 5.95 Å². The number of carbonyl (C=O) groups is 1. The summed E-state index contributed by atoms with van der Waals surface area (Å²) in [7, 11) is 3.47. The monoisotopic (exact) mass is 561 g/mol. The van der Waals surface area contributed by atoms with Crippen LogP contribution >= 0.6 is 22.9 Å². The van der Waals surface area contributed by atoms with E-state index in [0.29, 0.717) is 37.9 Å². The lowest BCUT2D eigenvalue weighted by Crippen LogP contribution is -2.27. The van der Waals surface area contributed by atoms with Gasteiger partial charge in [-0.2, -0.15) is 13.2 Å². The highest BCUT2D eigenvalue weighted by molar-refractivity contribution is 7.22. The quantitative estimate of drug-likeness (QED) is 0.262. The Labute approximate surface area is 222 Å². The van der Waals surface area contributed by atoms with Crippen LogP contribution in [0.2, 0.25) is 5.02 Å². The number of fused-ring (bicyclic) bond motifs is 2. The van der Waals surface area contributed by atoms with Crippen LogP contribution in [0.1, 0.15) is 0 Å². The predicted octanol–water partition coefficient (Wildman–Crippen LogP) is 5.29. The van der Waals surface area contributed by atoms with Gasteiger partial charge in [-0.25, -0.2) is 14.8 Å². The van der Waals surface area contributed by atoms with Crippen LogP contribution in [-0.2, 0) is 16.1 Å². The summed E-state index contributed by atoms with van der Waals surface area (Å²) in [5, 5.41) is 0.612. The molecule has 8 nitrogen and oxygen atoms in total. The standard InChI is InChI=1S/C25H19ClF3N5O3S/c1-32(2)24-31-17-8-7-16(11-19(17)33(24)9-10-37-23(36)25(27,28)29)34-13-30-18-12-20(38-21(18)22(34)35)14-3-5-15(26)6-4-14/h3-8,11-13H,9-10H2,1-2H3. The summed E-state index contributed by atoms with van der Waals surface area (Å²) in [6.45, 7) is -0.581. The van der Waals surface area contributed by atoms with E-state index < -0.39 is 18.8 Å². The van der Waals surface area contributed by atoms with Gasteiger partial charge < -0.3 is 14.2 Å². The van der Waals surface area contributed by atoms with Gasteiger partial charge in [0.1, 0.15) is 17.6 Å². The fourth-order valence-corrected chi connectivity index (χ4v) is 5.15. The number of aromatic nitrogens is 4. The first-order valence-electron chi connectivity index (χ1n) is 11.2. The van der Waals surface area contributed by atoms with Gasteiger partial charge >= 0.3 is 12.1 Å². The fourth-order valence-electron chi connectivity index (χ4n) is 3.97. The maximum absolute atomic E-state index is 13.4. The summed E-state index contributed by atoms with van der Waals surface area (Å²) in [4.78, 5) is 36.1. The van der Waals surface area contributed by atoms with Crippen molar-refractivity contribution in [1.82, 2.24) is 19.1 Å². The molecule has 3 aromatic heterocycles. The lowest BCUT2D eigenvalue weighted by molar-refractivity contribution is -0.199. The zero-order valence-corrected chi connectivity index (χ0v) is 21.6. The molecular formula is C25H19ClF3N5O3S. The number of hydrogen-bond acceptors (Lipinski definition) is 7. The molecule has 0 saturated heterocycles. The van der Waals surface area contributed by atoms with E-state index in [0.717, 1.165) is 10.4 Å². The molecule has 3 heterocycles. The third kappa shape index (κ3) is 4.84. The molecule has 0 fully saturated rings. The normalized spacial score (nSPS) is 11.8. The molecule has 0 aliphatic rings. The molecule has 5 rings (SSSR count). The highest BCUT2D eigenvalue weighted by atomic mass is 35.5. The Bertz CT molecular complexity index is 1720. The van der Waals surface area contributed by atoms with Crippen LogP contribution in [0, 0.1) is 0 Å². The smallest absolute Gasteiger partial charge is 0.457 e. The van der Waals surface area contributed by atoms with Crippen molar-refractivity contribution in [3.05, 3.63) is 70.2 Å². The minimum Gasteiger partial charge on any atom is -0.457 e. The van der Waals surface area contributed by atoms with Crippen molar-refractivity contribution in [3.63, 3.8) is 0 Å². The largest absolute Gasteiger partial charge is 0.490 e. The van der Waals surface area contributed by atoms with Crippen molar-refractivity contribution in [3.8, 4) is 16.1 Å². The molecule has 38 heavy (non-hydrogen) atoms. The van der Waals surface area contributed by atoms with Crippen molar-refractivity contribution >= 4 is 56.1 Å². The number of nitrogens with zero attached hydrogens (tertiary/aromatic N) is 5. The summed E-state index contributed by atoms with van der Waals surface area (Å²) in [5.41, 5.74) is 2.82. The number of alkyl halides is 3. The van der Waals surface area contributed by atoms with E-state index in [-0.39, 0.29) is 12.1 Å². The van der Waals surface area contributed by atoms with Gasteiger partial charge in [-0.15, -0.1) is 11.3 Å². The van der Waals surface area contributed by atoms with Gasteiger partial charge in [-0.1, -0.05) is 23.7 Å². The molecule has 0 aliphatic heterocycles. The van der Waals surface area contributed by atoms with Crippen LogP contribution < -0.4 is 10.5 Å². The highest BCUT2D eigenvalue weighted by Gasteiger charge is 2.40. The second kappa shape index (κ2) is 9.76. The Morgan fingerprint density at radius 3 is 2.53 bits per heavy atom. The van der Waals surface area contributed by atoms with Crippen molar-refractivity contribution in [1.29, 1.82) is 0 Å². The topological polar surface area (TPSA) is 82.2 Å². The van der Waals surface area contributed by atoms with Gasteiger partial charge in [0.25, 0.3) is 5.56 Å². The van der Waals surface area contributed by atoms with Crippen LogP contribution in [0.15, 0.2) is 59.7 Å². The molecule has 0 radical (unpaired) electrons. The molecule has 2 aromatic carbocycles. The molecule has 5 aromatic rings. The minimum atomic E-state index is -5.07. The van der Waals surface area contributed by atoms with Crippen LogP contribution in [0.3, 0.4) is 0 Å². The summed E-state index contributed by atoms with van der Waals surface area (Å²) < 4.78 is 45.5. The van der Waals surface area contributed by atoms with Crippen molar-refractivity contribution in [2.24, 2.45) is 0 Å². The van der Waals surface area contributed by atoms with E-state index in [4.69, 9.17) is 11.6 Å². The molecule has 0 bridgehead atoms. The summed E-state index contributed by atoms with van der Waals surface area (Å²) in [5.74, 6) is -1.80. The van der Waals surface area contributed by atoms with Gasteiger partial charge in [-0.05, 0) is 42.0 Å². The number of anilines is 1. The third-order valence-electron chi connectivity index (χ3n) is 5.74. The maximum Gasteiger partial charge on any atom is 0.490 e. The SMILES string of the molecule is CN(C)c1nc2ccc(-n3cnc4cc(-c5ccc(Cl)cc5)sc4c3=O)cc2n1CCOC(=O)C(F)(F)F. The highest BCUT2D eigenvalue weighted by Crippen LogP contribution is 2.32. The molecule has 0 amide bonds. The van der Waals surface area contributed by atoms with Gasteiger partial charge in [-0.3, -0.25) is 9.36 Å². The number of imidazole rings is 1. The van der Waals surface area contributed by atoms with Gasteiger partial charge in [0, 0.05) is 24.0 Å². The Balaban J connectivity index is 1.53. The summed E-state index contributed by atoms with van der Waals surface area (Å²) >= 11 is 7.30. The Morgan fingerprint density at radius 1 is 1.11 bits per heavy atom. The number of halogens is 4. The molecule has 0 spiro atoms. The molecule has 0 unspecified atom stereocenters. The second-order valence-electron chi connectivity index (χ2n) is 8.52. The molecule has 0 aliphatic carbocycles. The number of hydrogen-bond donors (Lipinski definition) is 0. The van der Waals surface area contributed by atoms with Crippen LogP contribution in [-0.4, -0.2) is 51.9 Å². The zero-order chi connectivity index (χ0) is 27.2. The molecule has 0 atom stereocenters. The van der Waals surface area contributed by atoms with E-state index in [1.807, 2.05) is 18.2 Å². The number of esters is 1. The molecule has 13 heteroatoms. The van der Waals surface area contributed by atoms with E-state index in [2.05, 4.69) is 14.7 Å². The first-order valence-corrected chi connectivity index (χ1v) is 12.4. The lowest BCUT2D eigenvalue weighted by Gasteiger charge is -2.15. The average Bonchev–Trinajstić information content (AvgIpc) is 3.46. The molecule has 0 saturated carbocycles. The van der Waals surface area contributed by atoms with Crippen molar-refractivity contribution in [2.75, 3.05) is 25.6 Å². The van der Waals surface area contributed by atoms with E-state index in [1.54, 1.807) is 53.9 Å². The van der Waals surface area contributed by atoms with E-state index >= 15 is 0 Å². The Hall–Kier alpha value is -3.90. The number of benzene rings is 2. The minimum absolute atomic E-state index is 0.0726. The van der Waals surface area contributed by atoms with E-state index in [9.17, 15) is 22.8 Å². The van der Waals surface area contributed by atoms with E-state index in [1.165, 1.54) is 22.2 Å². The maximum atomic E-state index is 13.4. The zero-order valence-electron chi connectivity index (χ0n) is 20.0. The van der Waals surface area contributed by atoms with Crippen molar-refractivity contribution < 1.29 is 22.7 Å². The first kappa shape index (κ1) is 25.7. The number of carbonyl (C=O) groups excluding carboxylic acids is 1. The predicted molar refractivity (Wildman–Crippen MR) is 140 cm³/mol. The first-order chi connectivity index (χ1) is 18.0. The number of rotatable bonds is 6. The average molecular weight is 562 g/mol. The Morgan fingerprint density at radius 2 is 1.84 bits per heavy atom. The summed E-state index contributed by atoms with van der Waals surface area (Å²) in [6.07, 6.45) is -3.64. The Kier molecular flexibility index (Phi) is 6.61. The molecular weight excluding hydrogens is 543 g/mol. The van der Waals surface area contributed by atoms with Gasteiger partial charge in [0.15, 0.2) is 0 Å². The summed E-state index contributed by atoms with van der Waals surface area (Å²) in [6, 6.07) is 14.3. The van der Waals surface area contributed by atoms with Crippen LogP contribution in [0.5, 0.6) is 0 Å². The van der Waals surface area contributed by atoms with Crippen LogP contribution in [0.25, 0.3) is 37.4 Å².